The largest absolute Gasteiger partial charge is 0.352 e. The molecular weight excluding hydrogens is 272 g/mol. The van der Waals surface area contributed by atoms with Gasteiger partial charge in [-0.15, -0.1) is 0 Å². The minimum Gasteiger partial charge on any atom is -0.352 e. The van der Waals surface area contributed by atoms with E-state index in [0.717, 1.165) is 5.39 Å². The molecule has 2 N–H and O–H groups in total. The molecule has 0 bridgehead atoms. The Morgan fingerprint density at radius 3 is 2.94 bits per heavy atom. The molecule has 2 aromatic rings. The lowest BCUT2D eigenvalue weighted by atomic mass is 10.3. The van der Waals surface area contributed by atoms with Gasteiger partial charge in [0.2, 0.25) is 5.95 Å². The van der Waals surface area contributed by atoms with Crippen LogP contribution >= 0.6 is 15.9 Å². The lowest BCUT2D eigenvalue weighted by molar-refractivity contribution is 0.876. The van der Waals surface area contributed by atoms with Crippen molar-refractivity contribution in [1.82, 2.24) is 15.0 Å². The summed E-state index contributed by atoms with van der Waals surface area (Å²) in [6, 6.07) is 1.95. The van der Waals surface area contributed by atoms with Crippen LogP contribution in [-0.2, 0) is 0 Å². The van der Waals surface area contributed by atoms with Crippen LogP contribution < -0.4 is 10.9 Å². The monoisotopic (exact) mass is 282 g/mol. The first-order valence-electron chi connectivity index (χ1n) is 4.88. The van der Waals surface area contributed by atoms with Crippen LogP contribution in [0.5, 0.6) is 0 Å². The first-order valence-corrected chi connectivity index (χ1v) is 5.67. The van der Waals surface area contributed by atoms with Gasteiger partial charge in [0.15, 0.2) is 0 Å². The van der Waals surface area contributed by atoms with Crippen LogP contribution in [0, 0.1) is 0 Å². The average molecular weight is 283 g/mol. The highest BCUT2D eigenvalue weighted by molar-refractivity contribution is 9.10. The van der Waals surface area contributed by atoms with Crippen LogP contribution in [-0.4, -0.2) is 21.0 Å². The standard InChI is InChI=1S/C10H11BrN4O/c1-5(2)13-10-12-4-6-3-7(11)9(16)14-8(6)15-10/h3-5H,1-2H3,(H2,12,13,14,15,16). The van der Waals surface area contributed by atoms with Crippen molar-refractivity contribution in [2.24, 2.45) is 0 Å². The number of nitrogens with one attached hydrogen (secondary N) is 2. The summed E-state index contributed by atoms with van der Waals surface area (Å²) in [7, 11) is 0. The maximum absolute atomic E-state index is 11.4. The summed E-state index contributed by atoms with van der Waals surface area (Å²) in [6.07, 6.45) is 1.67. The maximum atomic E-state index is 11.4. The van der Waals surface area contributed by atoms with E-state index < -0.39 is 0 Å². The van der Waals surface area contributed by atoms with Crippen molar-refractivity contribution >= 4 is 32.9 Å². The van der Waals surface area contributed by atoms with E-state index in [1.165, 1.54) is 0 Å². The Hall–Kier alpha value is -1.43. The predicted molar refractivity (Wildman–Crippen MR) is 66.6 cm³/mol. The number of aromatic amines is 1. The molecule has 0 aliphatic heterocycles. The lowest BCUT2D eigenvalue weighted by Gasteiger charge is -2.07. The van der Waals surface area contributed by atoms with Gasteiger partial charge in [-0.05, 0) is 35.8 Å². The van der Waals surface area contributed by atoms with Crippen LogP contribution in [0.4, 0.5) is 5.95 Å². The molecule has 6 heteroatoms. The molecule has 0 saturated heterocycles. The van der Waals surface area contributed by atoms with Gasteiger partial charge in [0.1, 0.15) is 5.65 Å². The molecule has 5 nitrogen and oxygen atoms in total. The summed E-state index contributed by atoms with van der Waals surface area (Å²) in [5.74, 6) is 0.514. The molecule has 0 spiro atoms. The molecule has 0 unspecified atom stereocenters. The number of pyridine rings is 1. The van der Waals surface area contributed by atoms with E-state index in [0.29, 0.717) is 16.1 Å². The van der Waals surface area contributed by atoms with E-state index >= 15 is 0 Å². The molecule has 16 heavy (non-hydrogen) atoms. The summed E-state index contributed by atoms with van der Waals surface area (Å²) < 4.78 is 0.480. The number of halogens is 1. The summed E-state index contributed by atoms with van der Waals surface area (Å²) in [4.78, 5) is 22.4. The molecule has 0 fully saturated rings. The lowest BCUT2D eigenvalue weighted by Crippen LogP contribution is -2.13. The van der Waals surface area contributed by atoms with Crippen LogP contribution in [0.1, 0.15) is 13.8 Å². The Bertz CT molecular complexity index is 579. The summed E-state index contributed by atoms with van der Waals surface area (Å²) >= 11 is 3.16. The molecule has 0 atom stereocenters. The van der Waals surface area contributed by atoms with Gasteiger partial charge in [0.05, 0.1) is 4.47 Å². The Balaban J connectivity index is 2.53. The third-order valence-corrected chi connectivity index (χ3v) is 2.55. The predicted octanol–water partition coefficient (Wildman–Crippen LogP) is 1.90. The molecule has 0 aliphatic rings. The smallest absolute Gasteiger partial charge is 0.263 e. The van der Waals surface area contributed by atoms with Crippen molar-refractivity contribution in [3.8, 4) is 0 Å². The van der Waals surface area contributed by atoms with E-state index in [-0.39, 0.29) is 11.6 Å². The highest BCUT2D eigenvalue weighted by atomic mass is 79.9. The number of rotatable bonds is 2. The first-order chi connectivity index (χ1) is 7.56. The fraction of sp³-hybridized carbons (Fsp3) is 0.300. The first kappa shape index (κ1) is 11.1. The van der Waals surface area contributed by atoms with Crippen molar-refractivity contribution in [2.75, 3.05) is 5.32 Å². The fourth-order valence-electron chi connectivity index (χ4n) is 1.29. The van der Waals surface area contributed by atoms with Crippen molar-refractivity contribution in [3.05, 3.63) is 27.1 Å². The highest BCUT2D eigenvalue weighted by Crippen LogP contribution is 2.13. The Morgan fingerprint density at radius 2 is 2.25 bits per heavy atom. The van der Waals surface area contributed by atoms with E-state index in [9.17, 15) is 4.79 Å². The zero-order valence-corrected chi connectivity index (χ0v) is 10.5. The number of hydrogen-bond donors (Lipinski definition) is 2. The zero-order valence-electron chi connectivity index (χ0n) is 8.91. The molecular formula is C10H11BrN4O. The van der Waals surface area contributed by atoms with Crippen LogP contribution in [0.25, 0.3) is 11.0 Å². The van der Waals surface area contributed by atoms with Crippen LogP contribution in [0.15, 0.2) is 21.5 Å². The molecule has 0 aliphatic carbocycles. The second-order valence-electron chi connectivity index (χ2n) is 3.74. The van der Waals surface area contributed by atoms with Crippen molar-refractivity contribution < 1.29 is 0 Å². The fourth-order valence-corrected chi connectivity index (χ4v) is 1.64. The van der Waals surface area contributed by atoms with Crippen molar-refractivity contribution in [1.29, 1.82) is 0 Å². The number of hydrogen-bond acceptors (Lipinski definition) is 4. The van der Waals surface area contributed by atoms with Gasteiger partial charge in [0, 0.05) is 17.6 Å². The SMILES string of the molecule is CC(C)Nc1ncc2cc(Br)c(=O)[nH]c2n1. The molecule has 2 heterocycles. The highest BCUT2D eigenvalue weighted by Gasteiger charge is 2.04. The number of aromatic nitrogens is 3. The van der Waals surface area contributed by atoms with Gasteiger partial charge in [0.25, 0.3) is 5.56 Å². The quantitative estimate of drug-likeness (QED) is 0.883. The maximum Gasteiger partial charge on any atom is 0.263 e. The Labute approximate surface area is 100 Å². The summed E-state index contributed by atoms with van der Waals surface area (Å²) in [5, 5.41) is 3.87. The number of fused-ring (bicyclic) bond motifs is 1. The molecule has 2 aromatic heterocycles. The molecule has 0 saturated carbocycles. The van der Waals surface area contributed by atoms with E-state index in [2.05, 4.69) is 36.2 Å². The molecule has 0 amide bonds. The second-order valence-corrected chi connectivity index (χ2v) is 4.60. The van der Waals surface area contributed by atoms with Crippen LogP contribution in [0.3, 0.4) is 0 Å². The summed E-state index contributed by atoms with van der Waals surface area (Å²) in [6.45, 7) is 4.00. The normalized spacial score (nSPS) is 11.0. The van der Waals surface area contributed by atoms with Gasteiger partial charge in [-0.25, -0.2) is 4.98 Å². The van der Waals surface area contributed by atoms with E-state index in [1.807, 2.05) is 13.8 Å². The van der Waals surface area contributed by atoms with Gasteiger partial charge in [-0.1, -0.05) is 0 Å². The molecule has 84 valence electrons. The Morgan fingerprint density at radius 1 is 1.50 bits per heavy atom. The molecule has 0 radical (unpaired) electrons. The van der Waals surface area contributed by atoms with E-state index in [4.69, 9.17) is 0 Å². The average Bonchev–Trinajstić information content (AvgIpc) is 2.19. The van der Waals surface area contributed by atoms with Crippen LogP contribution in [0.2, 0.25) is 0 Å². The number of anilines is 1. The van der Waals surface area contributed by atoms with Gasteiger partial charge >= 0.3 is 0 Å². The second kappa shape index (κ2) is 4.21. The van der Waals surface area contributed by atoms with Crippen molar-refractivity contribution in [2.45, 2.75) is 19.9 Å². The van der Waals surface area contributed by atoms with E-state index in [1.54, 1.807) is 12.3 Å². The van der Waals surface area contributed by atoms with Gasteiger partial charge < -0.3 is 10.3 Å². The van der Waals surface area contributed by atoms with Crippen molar-refractivity contribution in [3.63, 3.8) is 0 Å². The minimum absolute atomic E-state index is 0.193. The zero-order chi connectivity index (χ0) is 11.7. The van der Waals surface area contributed by atoms with Gasteiger partial charge in [-0.2, -0.15) is 4.98 Å². The third kappa shape index (κ3) is 2.21. The number of nitrogens with zero attached hydrogens (tertiary/aromatic N) is 2. The minimum atomic E-state index is -0.193. The topological polar surface area (TPSA) is 70.7 Å². The molecule has 0 aromatic carbocycles. The Kier molecular flexibility index (Phi) is 2.91. The summed E-state index contributed by atoms with van der Waals surface area (Å²) in [5.41, 5.74) is 0.341. The molecule has 2 rings (SSSR count). The number of H-pyrrole nitrogens is 1. The van der Waals surface area contributed by atoms with Gasteiger partial charge in [-0.3, -0.25) is 4.79 Å². The third-order valence-electron chi connectivity index (χ3n) is 1.97.